The van der Waals surface area contributed by atoms with Crippen molar-refractivity contribution in [1.82, 2.24) is 5.32 Å². The van der Waals surface area contributed by atoms with E-state index in [1.54, 1.807) is 0 Å². The van der Waals surface area contributed by atoms with Gasteiger partial charge in [-0.3, -0.25) is 4.79 Å². The van der Waals surface area contributed by atoms with Crippen LogP contribution in [0.15, 0.2) is 18.2 Å². The van der Waals surface area contributed by atoms with Crippen molar-refractivity contribution >= 4 is 18.3 Å². The van der Waals surface area contributed by atoms with Crippen LogP contribution in [-0.4, -0.2) is 18.4 Å². The molecule has 0 atom stereocenters. The van der Waals surface area contributed by atoms with E-state index in [-0.39, 0.29) is 23.8 Å². The first kappa shape index (κ1) is 12.7. The summed E-state index contributed by atoms with van der Waals surface area (Å²) in [5, 5.41) is 2.86. The van der Waals surface area contributed by atoms with Crippen LogP contribution in [0.5, 0.6) is 0 Å². The molecule has 1 aromatic carbocycles. The lowest BCUT2D eigenvalue weighted by molar-refractivity contribution is 0.0375. The molecule has 100 valence electrons. The zero-order valence-electron chi connectivity index (χ0n) is 12.0. The lowest BCUT2D eigenvalue weighted by Crippen LogP contribution is -2.36. The van der Waals surface area contributed by atoms with Crippen LogP contribution in [0.3, 0.4) is 0 Å². The van der Waals surface area contributed by atoms with Gasteiger partial charge < -0.3 is 9.97 Å². The lowest BCUT2D eigenvalue weighted by Gasteiger charge is -2.34. The normalized spacial score (nSPS) is 23.4. The SMILES string of the molecule is CC1(C)CB(c2ccc3c(c2)CNC3=O)OC1(C)C. The van der Waals surface area contributed by atoms with E-state index in [2.05, 4.69) is 39.1 Å². The Morgan fingerprint density at radius 1 is 1.26 bits per heavy atom. The molecule has 0 aromatic heterocycles. The molecule has 3 rings (SSSR count). The number of carbonyl (C=O) groups is 1. The Morgan fingerprint density at radius 2 is 2.00 bits per heavy atom. The standard InChI is InChI=1S/C15H20BNO2/c1-14(2)9-16(19-15(14,3)4)11-5-6-12-10(7-11)8-17-13(12)18/h5-7H,8-9H2,1-4H3,(H,17,18). The number of amides is 1. The van der Waals surface area contributed by atoms with Crippen LogP contribution in [0.4, 0.5) is 0 Å². The van der Waals surface area contributed by atoms with Crippen LogP contribution in [0.1, 0.15) is 43.6 Å². The highest BCUT2D eigenvalue weighted by Crippen LogP contribution is 2.45. The minimum absolute atomic E-state index is 0.0366. The molecule has 1 saturated heterocycles. The van der Waals surface area contributed by atoms with Gasteiger partial charge in [0.2, 0.25) is 0 Å². The molecule has 2 heterocycles. The summed E-state index contributed by atoms with van der Waals surface area (Å²) < 4.78 is 6.23. The predicted octanol–water partition coefficient (Wildman–Crippen LogP) is 1.96. The summed E-state index contributed by atoms with van der Waals surface area (Å²) >= 11 is 0. The molecule has 2 aliphatic rings. The van der Waals surface area contributed by atoms with E-state index < -0.39 is 0 Å². The maximum atomic E-state index is 11.6. The molecule has 19 heavy (non-hydrogen) atoms. The lowest BCUT2D eigenvalue weighted by atomic mass is 9.54. The van der Waals surface area contributed by atoms with Gasteiger partial charge in [0.05, 0.1) is 5.60 Å². The number of carbonyl (C=O) groups excluding carboxylic acids is 1. The van der Waals surface area contributed by atoms with E-state index in [0.29, 0.717) is 6.54 Å². The number of fused-ring (bicyclic) bond motifs is 1. The molecule has 0 spiro atoms. The molecule has 4 heteroatoms. The van der Waals surface area contributed by atoms with Crippen LogP contribution in [0, 0.1) is 5.41 Å². The van der Waals surface area contributed by atoms with Gasteiger partial charge in [-0.1, -0.05) is 26.0 Å². The number of rotatable bonds is 1. The van der Waals surface area contributed by atoms with E-state index in [9.17, 15) is 4.79 Å². The quantitative estimate of drug-likeness (QED) is 0.781. The maximum absolute atomic E-state index is 11.6. The van der Waals surface area contributed by atoms with Gasteiger partial charge in [-0.25, -0.2) is 0 Å². The average Bonchev–Trinajstić information content (AvgIpc) is 2.78. The highest BCUT2D eigenvalue weighted by atomic mass is 16.5. The minimum Gasteiger partial charge on any atom is -0.426 e. The van der Waals surface area contributed by atoms with Gasteiger partial charge in [0.25, 0.3) is 5.91 Å². The Balaban J connectivity index is 1.91. The van der Waals surface area contributed by atoms with Crippen molar-refractivity contribution in [2.45, 2.75) is 46.2 Å². The molecule has 1 fully saturated rings. The van der Waals surface area contributed by atoms with Gasteiger partial charge in [-0.15, -0.1) is 0 Å². The Labute approximate surface area is 114 Å². The minimum atomic E-state index is -0.120. The smallest absolute Gasteiger partial charge is 0.327 e. The summed E-state index contributed by atoms with van der Waals surface area (Å²) in [5.74, 6) is 0.0366. The van der Waals surface area contributed by atoms with Gasteiger partial charge in [-0.2, -0.15) is 0 Å². The summed E-state index contributed by atoms with van der Waals surface area (Å²) in [6.07, 6.45) is 1.01. The summed E-state index contributed by atoms with van der Waals surface area (Å²) in [6, 6.07) is 6.08. The molecule has 0 unspecified atom stereocenters. The van der Waals surface area contributed by atoms with Crippen molar-refractivity contribution in [2.75, 3.05) is 0 Å². The molecule has 1 aromatic rings. The number of hydrogen-bond donors (Lipinski definition) is 1. The molecule has 1 amide bonds. The molecule has 3 nitrogen and oxygen atoms in total. The zero-order valence-corrected chi connectivity index (χ0v) is 12.0. The van der Waals surface area contributed by atoms with Crippen molar-refractivity contribution < 1.29 is 9.45 Å². The summed E-state index contributed by atoms with van der Waals surface area (Å²) in [5.41, 5.74) is 3.12. The highest BCUT2D eigenvalue weighted by Gasteiger charge is 2.49. The Morgan fingerprint density at radius 3 is 2.63 bits per heavy atom. The van der Waals surface area contributed by atoms with Crippen molar-refractivity contribution in [3.63, 3.8) is 0 Å². The molecule has 0 bridgehead atoms. The topological polar surface area (TPSA) is 38.3 Å². The molecular formula is C15H20BNO2. The van der Waals surface area contributed by atoms with Crippen LogP contribution >= 0.6 is 0 Å². The summed E-state index contributed by atoms with van der Waals surface area (Å²) in [7, 11) is 0. The number of nitrogens with one attached hydrogen (secondary N) is 1. The number of hydrogen-bond acceptors (Lipinski definition) is 2. The fourth-order valence-electron chi connectivity index (χ4n) is 2.90. The third kappa shape index (κ3) is 1.89. The third-order valence-corrected chi connectivity index (χ3v) is 4.95. The van der Waals surface area contributed by atoms with E-state index in [1.807, 2.05) is 12.1 Å². The largest absolute Gasteiger partial charge is 0.426 e. The van der Waals surface area contributed by atoms with Crippen molar-refractivity contribution in [2.24, 2.45) is 5.41 Å². The molecule has 0 aliphatic carbocycles. The van der Waals surface area contributed by atoms with Crippen molar-refractivity contribution in [3.05, 3.63) is 29.3 Å². The van der Waals surface area contributed by atoms with Crippen LogP contribution in [0.2, 0.25) is 6.32 Å². The Kier molecular flexibility index (Phi) is 2.58. The van der Waals surface area contributed by atoms with Gasteiger partial charge in [0.1, 0.15) is 0 Å². The maximum Gasteiger partial charge on any atom is 0.327 e. The zero-order chi connectivity index (χ0) is 13.8. The average molecular weight is 257 g/mol. The fourth-order valence-corrected chi connectivity index (χ4v) is 2.90. The Bertz CT molecular complexity index is 535. The van der Waals surface area contributed by atoms with E-state index in [0.717, 1.165) is 17.4 Å². The number of benzene rings is 1. The predicted molar refractivity (Wildman–Crippen MR) is 76.8 cm³/mol. The third-order valence-electron chi connectivity index (χ3n) is 4.95. The van der Waals surface area contributed by atoms with E-state index in [1.165, 1.54) is 5.46 Å². The Hall–Kier alpha value is -1.29. The van der Waals surface area contributed by atoms with Crippen LogP contribution in [-0.2, 0) is 11.2 Å². The van der Waals surface area contributed by atoms with Gasteiger partial charge >= 0.3 is 6.92 Å². The molecular weight excluding hydrogens is 237 g/mol. The first-order valence-corrected chi connectivity index (χ1v) is 6.89. The summed E-state index contributed by atoms with van der Waals surface area (Å²) in [4.78, 5) is 11.6. The first-order chi connectivity index (χ1) is 8.80. The second kappa shape index (κ2) is 3.86. The van der Waals surface area contributed by atoms with Gasteiger partial charge in [0.15, 0.2) is 0 Å². The molecule has 0 saturated carbocycles. The van der Waals surface area contributed by atoms with Gasteiger partial charge in [0, 0.05) is 12.1 Å². The molecule has 0 radical (unpaired) electrons. The van der Waals surface area contributed by atoms with Crippen LogP contribution < -0.4 is 10.8 Å². The molecule has 2 aliphatic heterocycles. The van der Waals surface area contributed by atoms with E-state index in [4.69, 9.17) is 4.65 Å². The first-order valence-electron chi connectivity index (χ1n) is 6.89. The summed E-state index contributed by atoms with van der Waals surface area (Å²) in [6.45, 7) is 9.60. The van der Waals surface area contributed by atoms with Crippen LogP contribution in [0.25, 0.3) is 0 Å². The second-order valence-corrected chi connectivity index (χ2v) is 6.80. The monoisotopic (exact) mass is 257 g/mol. The highest BCUT2D eigenvalue weighted by molar-refractivity contribution is 6.68. The van der Waals surface area contributed by atoms with Crippen molar-refractivity contribution in [1.29, 1.82) is 0 Å². The second-order valence-electron chi connectivity index (χ2n) is 6.80. The molecule has 1 N–H and O–H groups in total. The van der Waals surface area contributed by atoms with Crippen molar-refractivity contribution in [3.8, 4) is 0 Å². The fraction of sp³-hybridized carbons (Fsp3) is 0.533. The van der Waals surface area contributed by atoms with Gasteiger partial charge in [-0.05, 0) is 42.7 Å². The van der Waals surface area contributed by atoms with E-state index >= 15 is 0 Å².